The standard InChI is InChI=1S/C16H15N3O4/c1-23-16(22)19-18-15(21)12-7-9-13(10-8-12)17-14(20)11-5-3-2-4-6-11/h2-10H,1H3,(H,17,20)(H,18,21)(H,19,22). The third-order valence-corrected chi connectivity index (χ3v) is 2.90. The maximum absolute atomic E-state index is 12.0. The van der Waals surface area contributed by atoms with Gasteiger partial charge in [-0.1, -0.05) is 18.2 Å². The smallest absolute Gasteiger partial charge is 0.425 e. The Balaban J connectivity index is 1.95. The number of hydrazine groups is 1. The van der Waals surface area contributed by atoms with Crippen LogP contribution in [0.5, 0.6) is 0 Å². The highest BCUT2D eigenvalue weighted by molar-refractivity contribution is 6.04. The minimum atomic E-state index is -0.773. The number of methoxy groups -OCH3 is 1. The lowest BCUT2D eigenvalue weighted by Crippen LogP contribution is -2.41. The summed E-state index contributed by atoms with van der Waals surface area (Å²) in [5.74, 6) is -0.744. The second kappa shape index (κ2) is 7.60. The van der Waals surface area contributed by atoms with Crippen LogP contribution in [0.15, 0.2) is 54.6 Å². The lowest BCUT2D eigenvalue weighted by atomic mass is 10.2. The molecule has 0 aliphatic rings. The molecule has 0 bridgehead atoms. The van der Waals surface area contributed by atoms with Crippen LogP contribution in [-0.4, -0.2) is 25.0 Å². The summed E-state index contributed by atoms with van der Waals surface area (Å²) in [4.78, 5) is 34.6. The maximum atomic E-state index is 12.0. The summed E-state index contributed by atoms with van der Waals surface area (Å²) in [6.45, 7) is 0. The number of rotatable bonds is 3. The van der Waals surface area contributed by atoms with Crippen LogP contribution >= 0.6 is 0 Å². The molecule has 0 saturated heterocycles. The predicted molar refractivity (Wildman–Crippen MR) is 83.8 cm³/mol. The summed E-state index contributed by atoms with van der Waals surface area (Å²) in [6, 6.07) is 15.0. The predicted octanol–water partition coefficient (Wildman–Crippen LogP) is 1.94. The number of ether oxygens (including phenoxy) is 1. The minimum Gasteiger partial charge on any atom is -0.452 e. The fraction of sp³-hybridized carbons (Fsp3) is 0.0625. The first-order valence-corrected chi connectivity index (χ1v) is 6.71. The summed E-state index contributed by atoms with van der Waals surface area (Å²) in [7, 11) is 1.19. The quantitative estimate of drug-likeness (QED) is 0.754. The van der Waals surface area contributed by atoms with E-state index in [1.165, 1.54) is 19.2 Å². The van der Waals surface area contributed by atoms with Gasteiger partial charge in [0.2, 0.25) is 0 Å². The van der Waals surface area contributed by atoms with E-state index in [4.69, 9.17) is 0 Å². The molecule has 0 aliphatic heterocycles. The highest BCUT2D eigenvalue weighted by Crippen LogP contribution is 2.11. The largest absolute Gasteiger partial charge is 0.452 e. The summed E-state index contributed by atoms with van der Waals surface area (Å²) in [6.07, 6.45) is -0.773. The van der Waals surface area contributed by atoms with Gasteiger partial charge in [-0.25, -0.2) is 10.2 Å². The summed E-state index contributed by atoms with van der Waals surface area (Å²) in [5.41, 5.74) is 5.66. The van der Waals surface area contributed by atoms with E-state index >= 15 is 0 Å². The van der Waals surface area contributed by atoms with Crippen LogP contribution in [0.3, 0.4) is 0 Å². The van der Waals surface area contributed by atoms with E-state index < -0.39 is 12.0 Å². The Labute approximate surface area is 132 Å². The lowest BCUT2D eigenvalue weighted by Gasteiger charge is -2.08. The summed E-state index contributed by atoms with van der Waals surface area (Å²) < 4.78 is 4.33. The normalized spacial score (nSPS) is 9.61. The summed E-state index contributed by atoms with van der Waals surface area (Å²) >= 11 is 0. The molecule has 2 aromatic carbocycles. The Bertz CT molecular complexity index is 699. The molecule has 7 nitrogen and oxygen atoms in total. The Kier molecular flexibility index (Phi) is 5.30. The topological polar surface area (TPSA) is 96.5 Å². The van der Waals surface area contributed by atoms with Gasteiger partial charge < -0.3 is 10.1 Å². The molecule has 0 spiro atoms. The molecule has 0 heterocycles. The number of anilines is 1. The first-order chi connectivity index (χ1) is 11.1. The van der Waals surface area contributed by atoms with Crippen LogP contribution in [0.1, 0.15) is 20.7 Å². The number of benzene rings is 2. The van der Waals surface area contributed by atoms with Crippen molar-refractivity contribution >= 4 is 23.6 Å². The van der Waals surface area contributed by atoms with E-state index in [-0.39, 0.29) is 5.91 Å². The average Bonchev–Trinajstić information content (AvgIpc) is 2.60. The Morgan fingerprint density at radius 3 is 2.00 bits per heavy atom. The van der Waals surface area contributed by atoms with Gasteiger partial charge in [0.05, 0.1) is 7.11 Å². The van der Waals surface area contributed by atoms with Crippen LogP contribution in [-0.2, 0) is 4.74 Å². The maximum Gasteiger partial charge on any atom is 0.425 e. The molecular formula is C16H15N3O4. The molecule has 2 aromatic rings. The molecule has 0 radical (unpaired) electrons. The van der Waals surface area contributed by atoms with E-state index in [9.17, 15) is 14.4 Å². The highest BCUT2D eigenvalue weighted by Gasteiger charge is 2.08. The molecule has 118 valence electrons. The first-order valence-electron chi connectivity index (χ1n) is 6.71. The summed E-state index contributed by atoms with van der Waals surface area (Å²) in [5, 5.41) is 2.72. The van der Waals surface area contributed by atoms with Crippen molar-refractivity contribution in [1.82, 2.24) is 10.9 Å². The minimum absolute atomic E-state index is 0.241. The molecule has 23 heavy (non-hydrogen) atoms. The van der Waals surface area contributed by atoms with Gasteiger partial charge in [-0.2, -0.15) is 0 Å². The second-order valence-electron chi connectivity index (χ2n) is 4.47. The van der Waals surface area contributed by atoms with Crippen LogP contribution in [0.2, 0.25) is 0 Å². The Morgan fingerprint density at radius 1 is 0.783 bits per heavy atom. The van der Waals surface area contributed by atoms with Gasteiger partial charge in [-0.15, -0.1) is 0 Å². The molecule has 0 saturated carbocycles. The van der Waals surface area contributed by atoms with Gasteiger partial charge in [-0.05, 0) is 36.4 Å². The fourth-order valence-corrected chi connectivity index (χ4v) is 1.73. The second-order valence-corrected chi connectivity index (χ2v) is 4.47. The van der Waals surface area contributed by atoms with Gasteiger partial charge >= 0.3 is 6.09 Å². The lowest BCUT2D eigenvalue weighted by molar-refractivity contribution is 0.0920. The zero-order valence-corrected chi connectivity index (χ0v) is 12.3. The Morgan fingerprint density at radius 2 is 1.39 bits per heavy atom. The average molecular weight is 313 g/mol. The van der Waals surface area contributed by atoms with Gasteiger partial charge in [0, 0.05) is 16.8 Å². The van der Waals surface area contributed by atoms with Crippen LogP contribution in [0, 0.1) is 0 Å². The van der Waals surface area contributed by atoms with Crippen LogP contribution in [0.25, 0.3) is 0 Å². The molecule has 0 fully saturated rings. The van der Waals surface area contributed by atoms with Crippen molar-refractivity contribution in [3.63, 3.8) is 0 Å². The van der Waals surface area contributed by atoms with E-state index in [0.29, 0.717) is 16.8 Å². The molecule has 7 heteroatoms. The molecule has 2 rings (SSSR count). The molecule has 3 amide bonds. The third kappa shape index (κ3) is 4.57. The third-order valence-electron chi connectivity index (χ3n) is 2.90. The van der Waals surface area contributed by atoms with Crippen molar-refractivity contribution < 1.29 is 19.1 Å². The number of nitrogens with one attached hydrogen (secondary N) is 3. The molecule has 0 aromatic heterocycles. The van der Waals surface area contributed by atoms with Crippen molar-refractivity contribution in [1.29, 1.82) is 0 Å². The van der Waals surface area contributed by atoms with E-state index in [0.717, 1.165) is 0 Å². The van der Waals surface area contributed by atoms with Crippen molar-refractivity contribution in [2.24, 2.45) is 0 Å². The molecular weight excluding hydrogens is 298 g/mol. The molecule has 0 atom stereocenters. The molecule has 0 aliphatic carbocycles. The van der Waals surface area contributed by atoms with Crippen molar-refractivity contribution in [3.05, 3.63) is 65.7 Å². The van der Waals surface area contributed by atoms with Gasteiger partial charge in [-0.3, -0.25) is 15.0 Å². The number of amides is 3. The zero-order valence-electron chi connectivity index (χ0n) is 12.3. The van der Waals surface area contributed by atoms with Crippen LogP contribution < -0.4 is 16.2 Å². The zero-order chi connectivity index (χ0) is 16.7. The van der Waals surface area contributed by atoms with Crippen molar-refractivity contribution in [2.75, 3.05) is 12.4 Å². The monoisotopic (exact) mass is 313 g/mol. The Hall–Kier alpha value is -3.35. The van der Waals surface area contributed by atoms with Crippen LogP contribution in [0.4, 0.5) is 10.5 Å². The van der Waals surface area contributed by atoms with Gasteiger partial charge in [0.1, 0.15) is 0 Å². The van der Waals surface area contributed by atoms with Gasteiger partial charge in [0.15, 0.2) is 0 Å². The van der Waals surface area contributed by atoms with E-state index in [2.05, 4.69) is 20.9 Å². The van der Waals surface area contributed by atoms with E-state index in [1.807, 2.05) is 6.07 Å². The number of hydrogen-bond acceptors (Lipinski definition) is 4. The number of hydrogen-bond donors (Lipinski definition) is 3. The number of carbonyl (C=O) groups excluding carboxylic acids is 3. The molecule has 3 N–H and O–H groups in total. The van der Waals surface area contributed by atoms with Gasteiger partial charge in [0.25, 0.3) is 11.8 Å². The SMILES string of the molecule is COC(=O)NNC(=O)c1ccc(NC(=O)c2ccccc2)cc1. The first kappa shape index (κ1) is 16.0. The van der Waals surface area contributed by atoms with E-state index in [1.54, 1.807) is 36.4 Å². The van der Waals surface area contributed by atoms with Crippen molar-refractivity contribution in [2.45, 2.75) is 0 Å². The molecule has 0 unspecified atom stereocenters. The highest BCUT2D eigenvalue weighted by atomic mass is 16.5. The fourth-order valence-electron chi connectivity index (χ4n) is 1.73. The number of carbonyl (C=O) groups is 3. The van der Waals surface area contributed by atoms with Crippen molar-refractivity contribution in [3.8, 4) is 0 Å².